The second-order valence-electron chi connectivity index (χ2n) is 3.96. The van der Waals surface area contributed by atoms with Crippen molar-refractivity contribution in [2.45, 2.75) is 19.6 Å². The fourth-order valence-corrected chi connectivity index (χ4v) is 3.14. The van der Waals surface area contributed by atoms with Gasteiger partial charge in [-0.2, -0.15) is 0 Å². The standard InChI is InChI=1S/C13H17N3O2S2/c1-3-14-12-9-5-6-20-13(9)16-10(15-12)7-19-8-11(17)18-4-2/h5-6H,3-4,7-8H2,1-2H3,(H,14,15,16). The topological polar surface area (TPSA) is 64.1 Å². The number of nitrogens with zero attached hydrogens (tertiary/aromatic N) is 2. The van der Waals surface area contributed by atoms with Crippen molar-refractivity contribution in [3.63, 3.8) is 0 Å². The summed E-state index contributed by atoms with van der Waals surface area (Å²) in [5, 5.41) is 6.31. The fourth-order valence-electron chi connectivity index (χ4n) is 1.69. The van der Waals surface area contributed by atoms with Crippen molar-refractivity contribution in [1.82, 2.24) is 9.97 Å². The summed E-state index contributed by atoms with van der Waals surface area (Å²) < 4.78 is 4.89. The maximum atomic E-state index is 11.3. The van der Waals surface area contributed by atoms with Crippen LogP contribution in [0.4, 0.5) is 5.82 Å². The molecule has 7 heteroatoms. The largest absolute Gasteiger partial charge is 0.465 e. The van der Waals surface area contributed by atoms with Gasteiger partial charge in [0.25, 0.3) is 0 Å². The van der Waals surface area contributed by atoms with E-state index in [0.29, 0.717) is 18.1 Å². The first-order valence-corrected chi connectivity index (χ1v) is 8.49. The number of esters is 1. The van der Waals surface area contributed by atoms with Gasteiger partial charge in [0.15, 0.2) is 0 Å². The third-order valence-electron chi connectivity index (χ3n) is 2.47. The van der Waals surface area contributed by atoms with Crippen LogP contribution in [0.1, 0.15) is 19.7 Å². The van der Waals surface area contributed by atoms with Crippen LogP contribution >= 0.6 is 23.1 Å². The molecule has 0 saturated heterocycles. The number of thioether (sulfide) groups is 1. The first-order chi connectivity index (χ1) is 9.74. The number of fused-ring (bicyclic) bond motifs is 1. The number of aromatic nitrogens is 2. The number of thiophene rings is 1. The normalized spacial score (nSPS) is 10.7. The smallest absolute Gasteiger partial charge is 0.315 e. The molecule has 2 rings (SSSR count). The lowest BCUT2D eigenvalue weighted by Crippen LogP contribution is -2.08. The first-order valence-electron chi connectivity index (χ1n) is 6.46. The minimum absolute atomic E-state index is 0.193. The van der Waals surface area contributed by atoms with E-state index >= 15 is 0 Å². The Morgan fingerprint density at radius 3 is 3.05 bits per heavy atom. The highest BCUT2D eigenvalue weighted by molar-refractivity contribution is 7.99. The van der Waals surface area contributed by atoms with Crippen molar-refractivity contribution >= 4 is 45.1 Å². The van der Waals surface area contributed by atoms with E-state index in [-0.39, 0.29) is 5.97 Å². The van der Waals surface area contributed by atoms with Crippen molar-refractivity contribution in [2.24, 2.45) is 0 Å². The average Bonchev–Trinajstić information content (AvgIpc) is 2.88. The molecule has 0 aliphatic carbocycles. The summed E-state index contributed by atoms with van der Waals surface area (Å²) in [5.41, 5.74) is 0. The third kappa shape index (κ3) is 3.83. The number of nitrogens with one attached hydrogen (secondary N) is 1. The SMILES string of the molecule is CCNc1nc(CSCC(=O)OCC)nc2sccc12. The van der Waals surface area contributed by atoms with Crippen molar-refractivity contribution in [1.29, 1.82) is 0 Å². The molecule has 0 aliphatic rings. The zero-order chi connectivity index (χ0) is 14.4. The van der Waals surface area contributed by atoms with Crippen molar-refractivity contribution in [3.8, 4) is 0 Å². The number of carbonyl (C=O) groups excluding carboxylic acids is 1. The Hall–Kier alpha value is -1.34. The Labute approximate surface area is 126 Å². The van der Waals surface area contributed by atoms with E-state index < -0.39 is 0 Å². The van der Waals surface area contributed by atoms with Gasteiger partial charge in [0.2, 0.25) is 0 Å². The summed E-state index contributed by atoms with van der Waals surface area (Å²) in [4.78, 5) is 21.3. The Morgan fingerprint density at radius 1 is 1.45 bits per heavy atom. The second kappa shape index (κ2) is 7.44. The first kappa shape index (κ1) is 15.1. The molecule has 1 N–H and O–H groups in total. The maximum absolute atomic E-state index is 11.3. The molecule has 0 fully saturated rings. The molecule has 0 saturated carbocycles. The fraction of sp³-hybridized carbons (Fsp3) is 0.462. The van der Waals surface area contributed by atoms with Crippen molar-refractivity contribution < 1.29 is 9.53 Å². The van der Waals surface area contributed by atoms with Crippen LogP contribution in [0.5, 0.6) is 0 Å². The number of hydrogen-bond acceptors (Lipinski definition) is 7. The van der Waals surface area contributed by atoms with Gasteiger partial charge in [-0.3, -0.25) is 4.79 Å². The van der Waals surface area contributed by atoms with Crippen LogP contribution in [-0.2, 0) is 15.3 Å². The molecule has 0 unspecified atom stereocenters. The average molecular weight is 311 g/mol. The summed E-state index contributed by atoms with van der Waals surface area (Å²) in [7, 11) is 0. The molecule has 0 spiro atoms. The van der Waals surface area contributed by atoms with Crippen molar-refractivity contribution in [2.75, 3.05) is 24.2 Å². The maximum Gasteiger partial charge on any atom is 0.315 e. The zero-order valence-corrected chi connectivity index (χ0v) is 13.1. The lowest BCUT2D eigenvalue weighted by atomic mass is 10.3. The van der Waals surface area contributed by atoms with E-state index in [0.717, 1.165) is 28.4 Å². The number of ether oxygens (including phenoxy) is 1. The van der Waals surface area contributed by atoms with Crippen LogP contribution in [0, 0.1) is 0 Å². The highest BCUT2D eigenvalue weighted by atomic mass is 32.2. The molecule has 0 aromatic carbocycles. The summed E-state index contributed by atoms with van der Waals surface area (Å²) >= 11 is 3.07. The van der Waals surface area contributed by atoms with Gasteiger partial charge >= 0.3 is 5.97 Å². The number of rotatable bonds is 7. The molecule has 0 aliphatic heterocycles. The second-order valence-corrected chi connectivity index (χ2v) is 5.84. The Balaban J connectivity index is 2.04. The van der Waals surface area contributed by atoms with Gasteiger partial charge in [0.05, 0.1) is 23.5 Å². The van der Waals surface area contributed by atoms with Gasteiger partial charge < -0.3 is 10.1 Å². The van der Waals surface area contributed by atoms with Crippen molar-refractivity contribution in [3.05, 3.63) is 17.3 Å². The summed E-state index contributed by atoms with van der Waals surface area (Å²) in [6, 6.07) is 2.02. The molecule has 108 valence electrons. The van der Waals surface area contributed by atoms with Gasteiger partial charge in [-0.1, -0.05) is 0 Å². The Morgan fingerprint density at radius 2 is 2.30 bits per heavy atom. The molecule has 2 aromatic heterocycles. The van der Waals surface area contributed by atoms with E-state index in [9.17, 15) is 4.79 Å². The Kier molecular flexibility index (Phi) is 5.60. The molecule has 0 amide bonds. The summed E-state index contributed by atoms with van der Waals surface area (Å²) in [6.45, 7) is 5.08. The molecule has 2 aromatic rings. The highest BCUT2D eigenvalue weighted by Gasteiger charge is 2.09. The monoisotopic (exact) mass is 311 g/mol. The van der Waals surface area contributed by atoms with E-state index in [4.69, 9.17) is 4.74 Å². The number of carbonyl (C=O) groups is 1. The van der Waals surface area contributed by atoms with Crippen LogP contribution in [0.2, 0.25) is 0 Å². The molecular weight excluding hydrogens is 294 g/mol. The predicted octanol–water partition coefficient (Wildman–Crippen LogP) is 2.92. The van der Waals surface area contributed by atoms with Crippen LogP contribution < -0.4 is 5.32 Å². The lowest BCUT2D eigenvalue weighted by Gasteiger charge is -2.07. The van der Waals surface area contributed by atoms with E-state index in [2.05, 4.69) is 15.3 Å². The third-order valence-corrected chi connectivity index (χ3v) is 4.18. The van der Waals surface area contributed by atoms with Crippen LogP contribution in [0.3, 0.4) is 0 Å². The Bertz CT molecular complexity index is 586. The van der Waals surface area contributed by atoms with Gasteiger partial charge in [0.1, 0.15) is 16.5 Å². The predicted molar refractivity (Wildman–Crippen MR) is 84.4 cm³/mol. The van der Waals surface area contributed by atoms with Gasteiger partial charge in [-0.15, -0.1) is 23.1 Å². The highest BCUT2D eigenvalue weighted by Crippen LogP contribution is 2.26. The summed E-state index contributed by atoms with van der Waals surface area (Å²) in [6.07, 6.45) is 0. The molecule has 2 heterocycles. The van der Waals surface area contributed by atoms with Crippen LogP contribution in [0.15, 0.2) is 11.4 Å². The quantitative estimate of drug-likeness (QED) is 0.793. The minimum Gasteiger partial charge on any atom is -0.465 e. The van der Waals surface area contributed by atoms with Gasteiger partial charge in [0, 0.05) is 6.54 Å². The molecule has 0 atom stereocenters. The number of anilines is 1. The van der Waals surface area contributed by atoms with Gasteiger partial charge in [-0.25, -0.2) is 9.97 Å². The molecule has 5 nitrogen and oxygen atoms in total. The van der Waals surface area contributed by atoms with Crippen LogP contribution in [0.25, 0.3) is 10.2 Å². The number of hydrogen-bond donors (Lipinski definition) is 1. The van der Waals surface area contributed by atoms with E-state index in [1.54, 1.807) is 18.3 Å². The molecule has 0 bridgehead atoms. The van der Waals surface area contributed by atoms with Gasteiger partial charge in [-0.05, 0) is 25.3 Å². The molecule has 20 heavy (non-hydrogen) atoms. The lowest BCUT2D eigenvalue weighted by molar-refractivity contribution is -0.139. The molecular formula is C13H17N3O2S2. The minimum atomic E-state index is -0.193. The van der Waals surface area contributed by atoms with Crippen LogP contribution in [-0.4, -0.2) is 34.8 Å². The van der Waals surface area contributed by atoms with E-state index in [1.165, 1.54) is 11.8 Å². The van der Waals surface area contributed by atoms with E-state index in [1.807, 2.05) is 18.4 Å². The zero-order valence-electron chi connectivity index (χ0n) is 11.5. The summed E-state index contributed by atoms with van der Waals surface area (Å²) in [5.74, 6) is 2.35. The molecule has 0 radical (unpaired) electrons.